The van der Waals surface area contributed by atoms with Crippen molar-refractivity contribution in [1.29, 1.82) is 0 Å². The molecule has 1 N–H and O–H groups in total. The molecule has 3 aromatic rings. The van der Waals surface area contributed by atoms with Crippen molar-refractivity contribution in [2.45, 2.75) is 38.4 Å². The molecule has 6 nitrogen and oxygen atoms in total. The van der Waals surface area contributed by atoms with E-state index >= 15 is 0 Å². The number of ether oxygens (including phenoxy) is 2. The van der Waals surface area contributed by atoms with Gasteiger partial charge in [0.25, 0.3) is 0 Å². The van der Waals surface area contributed by atoms with E-state index < -0.39 is 0 Å². The molecule has 0 saturated carbocycles. The first-order valence-electron chi connectivity index (χ1n) is 11.8. The van der Waals surface area contributed by atoms with Crippen LogP contribution in [0.1, 0.15) is 49.7 Å². The largest absolute Gasteiger partial charge is 0.454 e. The minimum absolute atomic E-state index is 0.0376. The van der Waals surface area contributed by atoms with Crippen LogP contribution in [-0.2, 0) is 0 Å². The Kier molecular flexibility index (Phi) is 5.00. The Morgan fingerprint density at radius 2 is 1.89 bits per heavy atom. The van der Waals surface area contributed by atoms with Crippen LogP contribution in [0.3, 0.4) is 0 Å². The van der Waals surface area contributed by atoms with E-state index in [0.29, 0.717) is 5.11 Å². The molecule has 3 aliphatic heterocycles. The topological polar surface area (TPSA) is 49.9 Å². The number of allylic oxidation sites excluding steroid dienone is 1. The maximum absolute atomic E-state index is 5.89. The number of aromatic nitrogens is 1. The molecule has 1 fully saturated rings. The van der Waals surface area contributed by atoms with Crippen molar-refractivity contribution in [3.63, 3.8) is 0 Å². The van der Waals surface area contributed by atoms with Gasteiger partial charge in [-0.15, -0.1) is 0 Å². The average Bonchev–Trinajstić information content (AvgIpc) is 3.46. The number of nitrogens with one attached hydrogen (secondary N) is 1. The van der Waals surface area contributed by atoms with E-state index in [9.17, 15) is 0 Å². The summed E-state index contributed by atoms with van der Waals surface area (Å²) in [7, 11) is 2.16. The van der Waals surface area contributed by atoms with Crippen molar-refractivity contribution < 1.29 is 9.47 Å². The molecule has 2 aromatic carbocycles. The smallest absolute Gasteiger partial charge is 0.231 e. The molecular formula is C28H28N4O2S. The molecule has 0 unspecified atom stereocenters. The molecule has 1 saturated heterocycles. The van der Waals surface area contributed by atoms with Gasteiger partial charge >= 0.3 is 0 Å². The SMILES string of the molecule is CC1=CC(C)(C)N(C)c2ccc([C@H]3[C@H](c4ccccn4)NC(=S)N3c3ccc4c(c3)OCO4)cc21. The van der Waals surface area contributed by atoms with Gasteiger partial charge in [-0.05, 0) is 80.5 Å². The van der Waals surface area contributed by atoms with Crippen molar-refractivity contribution in [1.82, 2.24) is 10.3 Å². The zero-order valence-electron chi connectivity index (χ0n) is 20.3. The van der Waals surface area contributed by atoms with E-state index in [1.165, 1.54) is 22.4 Å². The van der Waals surface area contributed by atoms with Gasteiger partial charge in [-0.3, -0.25) is 4.98 Å². The summed E-state index contributed by atoms with van der Waals surface area (Å²) in [5.41, 5.74) is 6.80. The molecule has 4 heterocycles. The number of anilines is 2. The first kappa shape index (κ1) is 21.9. The van der Waals surface area contributed by atoms with Gasteiger partial charge in [0.2, 0.25) is 6.79 Å². The highest BCUT2D eigenvalue weighted by molar-refractivity contribution is 7.80. The number of fused-ring (bicyclic) bond motifs is 2. The Morgan fingerprint density at radius 1 is 1.06 bits per heavy atom. The van der Waals surface area contributed by atoms with Crippen molar-refractivity contribution in [2.24, 2.45) is 0 Å². The highest BCUT2D eigenvalue weighted by Gasteiger charge is 2.41. The van der Waals surface area contributed by atoms with Crippen LogP contribution in [0.4, 0.5) is 11.4 Å². The number of pyridine rings is 1. The molecule has 0 bridgehead atoms. The van der Waals surface area contributed by atoms with Crippen LogP contribution < -0.4 is 24.6 Å². The number of hydrogen-bond donors (Lipinski definition) is 1. The summed E-state index contributed by atoms with van der Waals surface area (Å²) in [6.45, 7) is 6.92. The normalized spacial score (nSPS) is 22.1. The van der Waals surface area contributed by atoms with E-state index in [4.69, 9.17) is 21.7 Å². The van der Waals surface area contributed by atoms with Crippen LogP contribution >= 0.6 is 12.2 Å². The minimum atomic E-state index is -0.103. The number of nitrogens with zero attached hydrogens (tertiary/aromatic N) is 3. The standard InChI is InChI=1S/C28H28N4O2S/c1-17-15-28(2,3)31(4)22-10-8-18(13-20(17)22)26-25(21-7-5-6-12-29-21)30-27(35)32(26)19-9-11-23-24(14-19)34-16-33-23/h5-15,25-26H,16H2,1-4H3,(H,30,35)/t25-,26-/m0/s1. The van der Waals surface area contributed by atoms with Crippen LogP contribution in [0.25, 0.3) is 5.57 Å². The Morgan fingerprint density at radius 3 is 2.69 bits per heavy atom. The summed E-state index contributed by atoms with van der Waals surface area (Å²) in [4.78, 5) is 9.19. The second-order valence-corrected chi connectivity index (χ2v) is 10.2. The Hall–Kier alpha value is -3.58. The zero-order chi connectivity index (χ0) is 24.3. The summed E-state index contributed by atoms with van der Waals surface area (Å²) in [6, 6.07) is 18.6. The van der Waals surface area contributed by atoms with Gasteiger partial charge < -0.3 is 24.6 Å². The van der Waals surface area contributed by atoms with Crippen molar-refractivity contribution in [3.05, 3.63) is 83.7 Å². The van der Waals surface area contributed by atoms with Crippen LogP contribution in [0, 0.1) is 0 Å². The Balaban J connectivity index is 1.49. The van der Waals surface area contributed by atoms with E-state index in [0.717, 1.165) is 22.9 Å². The molecule has 35 heavy (non-hydrogen) atoms. The van der Waals surface area contributed by atoms with E-state index in [1.807, 2.05) is 36.5 Å². The Labute approximate surface area is 211 Å². The number of benzene rings is 2. The van der Waals surface area contributed by atoms with Crippen molar-refractivity contribution >= 4 is 34.3 Å². The average molecular weight is 485 g/mol. The second-order valence-electron chi connectivity index (χ2n) is 9.85. The van der Waals surface area contributed by atoms with Gasteiger partial charge in [-0.2, -0.15) is 0 Å². The second kappa shape index (κ2) is 7.99. The maximum Gasteiger partial charge on any atom is 0.231 e. The van der Waals surface area contributed by atoms with Crippen molar-refractivity contribution in [2.75, 3.05) is 23.6 Å². The van der Waals surface area contributed by atoms with Gasteiger partial charge in [0.15, 0.2) is 16.6 Å². The molecule has 0 radical (unpaired) electrons. The number of thiocarbonyl (C=S) groups is 1. The number of likely N-dealkylation sites (N-methyl/N-ethyl adjacent to an activating group) is 1. The Bertz CT molecular complexity index is 1350. The van der Waals surface area contributed by atoms with Gasteiger partial charge in [0, 0.05) is 36.2 Å². The summed E-state index contributed by atoms with van der Waals surface area (Å²) in [5, 5.41) is 4.21. The molecule has 0 amide bonds. The van der Waals surface area contributed by atoms with E-state index in [2.05, 4.69) is 78.3 Å². The molecule has 6 rings (SSSR count). The van der Waals surface area contributed by atoms with E-state index in [-0.39, 0.29) is 24.4 Å². The monoisotopic (exact) mass is 484 g/mol. The fourth-order valence-electron chi connectivity index (χ4n) is 5.37. The molecule has 2 atom stereocenters. The van der Waals surface area contributed by atoms with Gasteiger partial charge in [0.05, 0.1) is 23.3 Å². The molecule has 178 valence electrons. The predicted molar refractivity (Wildman–Crippen MR) is 143 cm³/mol. The number of rotatable bonds is 3. The summed E-state index contributed by atoms with van der Waals surface area (Å²) < 4.78 is 11.2. The zero-order valence-corrected chi connectivity index (χ0v) is 21.1. The fourth-order valence-corrected chi connectivity index (χ4v) is 5.71. The summed E-state index contributed by atoms with van der Waals surface area (Å²) in [5.74, 6) is 1.49. The van der Waals surface area contributed by atoms with Crippen LogP contribution in [0.2, 0.25) is 0 Å². The first-order valence-corrected chi connectivity index (χ1v) is 12.2. The molecule has 1 aromatic heterocycles. The molecule has 3 aliphatic rings. The van der Waals surface area contributed by atoms with Gasteiger partial charge in [-0.25, -0.2) is 0 Å². The highest BCUT2D eigenvalue weighted by atomic mass is 32.1. The van der Waals surface area contributed by atoms with Crippen molar-refractivity contribution in [3.8, 4) is 11.5 Å². The summed E-state index contributed by atoms with van der Waals surface area (Å²) in [6.07, 6.45) is 4.17. The third kappa shape index (κ3) is 3.53. The number of hydrogen-bond acceptors (Lipinski definition) is 5. The lowest BCUT2D eigenvalue weighted by molar-refractivity contribution is 0.174. The molecular weight excluding hydrogens is 456 g/mol. The summed E-state index contributed by atoms with van der Waals surface area (Å²) >= 11 is 5.89. The quantitative estimate of drug-likeness (QED) is 0.484. The van der Waals surface area contributed by atoms with Gasteiger partial charge in [-0.1, -0.05) is 18.2 Å². The van der Waals surface area contributed by atoms with Crippen LogP contribution in [0.15, 0.2) is 66.9 Å². The first-order chi connectivity index (χ1) is 16.8. The van der Waals surface area contributed by atoms with Crippen LogP contribution in [0.5, 0.6) is 11.5 Å². The predicted octanol–water partition coefficient (Wildman–Crippen LogP) is 5.62. The van der Waals surface area contributed by atoms with Gasteiger partial charge in [0.1, 0.15) is 0 Å². The van der Waals surface area contributed by atoms with Crippen LogP contribution in [-0.4, -0.2) is 29.5 Å². The lowest BCUT2D eigenvalue weighted by Crippen LogP contribution is -2.42. The fraction of sp³-hybridized carbons (Fsp3) is 0.286. The maximum atomic E-state index is 5.89. The third-order valence-corrected chi connectivity index (χ3v) is 7.63. The molecule has 0 aliphatic carbocycles. The van der Waals surface area contributed by atoms with E-state index in [1.54, 1.807) is 0 Å². The lowest BCUT2D eigenvalue weighted by Gasteiger charge is -2.41. The highest BCUT2D eigenvalue weighted by Crippen LogP contribution is 2.46. The third-order valence-electron chi connectivity index (χ3n) is 7.31. The lowest BCUT2D eigenvalue weighted by atomic mass is 9.86. The minimum Gasteiger partial charge on any atom is -0.454 e. The molecule has 0 spiro atoms. The molecule has 7 heteroatoms.